The molecular formula is C79H111F2N5O9S2. The normalized spacial score (nSPS) is 15.2. The van der Waals surface area contributed by atoms with E-state index in [1.54, 1.807) is 62.7 Å². The number of aliphatic carboxylic acids is 1. The predicted molar refractivity (Wildman–Crippen MR) is 398 cm³/mol. The molecule has 14 nitrogen and oxygen atoms in total. The smallest absolute Gasteiger partial charge is 0.326 e. The van der Waals surface area contributed by atoms with E-state index in [9.17, 15) is 38.3 Å². The minimum Gasteiger partial charge on any atom is -0.480 e. The van der Waals surface area contributed by atoms with Crippen molar-refractivity contribution in [3.8, 4) is 22.3 Å². The van der Waals surface area contributed by atoms with Gasteiger partial charge in [-0.05, 0) is 225 Å². The van der Waals surface area contributed by atoms with Crippen LogP contribution < -0.4 is 16.9 Å². The summed E-state index contributed by atoms with van der Waals surface area (Å²) < 4.78 is 43.8. The zero-order chi connectivity index (χ0) is 70.6. The lowest BCUT2D eigenvalue weighted by atomic mass is 9.83. The molecule has 2 saturated heterocycles. The van der Waals surface area contributed by atoms with E-state index in [1.165, 1.54) is 4.57 Å². The Morgan fingerprint density at radius 2 is 0.907 bits per heavy atom. The topological polar surface area (TPSA) is 183 Å². The second-order valence-corrected chi connectivity index (χ2v) is 29.3. The maximum Gasteiger partial charge on any atom is 0.326 e. The number of hydrogen-bond acceptors (Lipinski definition) is 11. The Hall–Kier alpha value is -6.70. The first-order valence-electron chi connectivity index (χ1n) is 34.0. The molecule has 4 atom stereocenters. The van der Waals surface area contributed by atoms with Gasteiger partial charge in [-0.25, -0.2) is 13.6 Å². The van der Waals surface area contributed by atoms with Crippen molar-refractivity contribution in [3.05, 3.63) is 184 Å². The van der Waals surface area contributed by atoms with E-state index in [-0.39, 0.29) is 94.0 Å². The van der Waals surface area contributed by atoms with Gasteiger partial charge in [-0.3, -0.25) is 24.0 Å². The molecule has 2 aliphatic heterocycles. The number of esters is 2. The van der Waals surface area contributed by atoms with Gasteiger partial charge in [0.2, 0.25) is 0 Å². The molecule has 2 fully saturated rings. The van der Waals surface area contributed by atoms with Crippen LogP contribution in [0, 0.1) is 89.7 Å². The second-order valence-electron chi connectivity index (χ2n) is 29.3. The maximum absolute atomic E-state index is 16.0. The largest absolute Gasteiger partial charge is 0.480 e. The third-order valence-electron chi connectivity index (χ3n) is 18.3. The van der Waals surface area contributed by atoms with E-state index in [1.807, 2.05) is 124 Å². The van der Waals surface area contributed by atoms with Crippen molar-refractivity contribution in [2.24, 2.45) is 28.4 Å². The highest BCUT2D eigenvalue weighted by atomic mass is 32.1. The summed E-state index contributed by atoms with van der Waals surface area (Å²) in [6.07, 6.45) is 5.89. The van der Waals surface area contributed by atoms with E-state index < -0.39 is 47.8 Å². The molecule has 2 aliphatic rings. The molecule has 0 spiro atoms. The molecule has 0 radical (unpaired) electrons. The highest BCUT2D eigenvalue weighted by Crippen LogP contribution is 2.38. The van der Waals surface area contributed by atoms with Crippen molar-refractivity contribution in [1.29, 1.82) is 0 Å². The van der Waals surface area contributed by atoms with Gasteiger partial charge < -0.3 is 39.2 Å². The monoisotopic (exact) mass is 1380 g/mol. The maximum atomic E-state index is 16.0. The van der Waals surface area contributed by atoms with Gasteiger partial charge in [-0.1, -0.05) is 91.8 Å². The minimum atomic E-state index is -0.940. The Balaban J connectivity index is 0.000000337. The number of rotatable bonds is 26. The SMILES string of the molecule is CCOC(=O)C[C@H](CC(=O)C(CC(C)C)n1cc(CCN2CC(C)(C)C2)c(C)cc1=O)c1cc(-c2c(C)cccc2C)cc(C)c1F.CCOC(=O)C[C@H](N)c1cc(-c2c(C)cccc2C)cc(C)c1F.Cc1cc(=O)n(C(CC(C)C)C(=O)O)cc1CCN1CC(C)(C)C1.S.S. The number of ketones is 1. The van der Waals surface area contributed by atoms with Gasteiger partial charge in [-0.2, -0.15) is 27.0 Å². The van der Waals surface area contributed by atoms with Crippen LogP contribution in [0.2, 0.25) is 0 Å². The van der Waals surface area contributed by atoms with Gasteiger partial charge in [-0.15, -0.1) is 0 Å². The molecule has 0 bridgehead atoms. The van der Waals surface area contributed by atoms with E-state index in [0.717, 1.165) is 119 Å². The molecule has 2 aromatic heterocycles. The molecule has 97 heavy (non-hydrogen) atoms. The highest BCUT2D eigenvalue weighted by Gasteiger charge is 2.36. The number of carboxylic acids is 1. The first-order chi connectivity index (χ1) is 44.5. The molecule has 6 aromatic rings. The number of Topliss-reactive ketones (excluding diaryl/α,β-unsaturated/α-hetero) is 1. The third-order valence-corrected chi connectivity index (χ3v) is 18.3. The summed E-state index contributed by atoms with van der Waals surface area (Å²) in [5.41, 5.74) is 20.2. The summed E-state index contributed by atoms with van der Waals surface area (Å²) in [6, 6.07) is 20.2. The number of carboxylic acid groups (broad SMARTS) is 1. The van der Waals surface area contributed by atoms with Gasteiger partial charge in [0, 0.05) is 87.7 Å². The Labute approximate surface area is 590 Å². The van der Waals surface area contributed by atoms with Crippen molar-refractivity contribution in [2.45, 2.75) is 194 Å². The van der Waals surface area contributed by atoms with Crippen LogP contribution in [0.5, 0.6) is 0 Å². The molecule has 0 aliphatic carbocycles. The van der Waals surface area contributed by atoms with Crippen molar-refractivity contribution in [2.75, 3.05) is 52.5 Å². The third kappa shape index (κ3) is 22.7. The summed E-state index contributed by atoms with van der Waals surface area (Å²) in [5.74, 6) is -3.23. The summed E-state index contributed by atoms with van der Waals surface area (Å²) in [5, 5.41) is 9.52. The number of hydrogen-bond donors (Lipinski definition) is 2. The number of halogens is 2. The van der Waals surface area contributed by atoms with Crippen molar-refractivity contribution in [3.63, 3.8) is 0 Å². The number of nitrogens with two attached hydrogens (primary N) is 1. The number of benzene rings is 4. The van der Waals surface area contributed by atoms with Crippen LogP contribution in [0.1, 0.15) is 192 Å². The van der Waals surface area contributed by atoms with Gasteiger partial charge in [0.15, 0.2) is 5.78 Å². The number of nitrogens with zero attached hydrogens (tertiary/aromatic N) is 4. The van der Waals surface area contributed by atoms with Crippen molar-refractivity contribution >= 4 is 50.7 Å². The van der Waals surface area contributed by atoms with E-state index in [2.05, 4.69) is 37.5 Å². The van der Waals surface area contributed by atoms with Gasteiger partial charge in [0.1, 0.15) is 17.7 Å². The summed E-state index contributed by atoms with van der Waals surface area (Å²) in [6.45, 7) is 42.5. The van der Waals surface area contributed by atoms with Gasteiger partial charge in [0.05, 0.1) is 32.1 Å². The number of carbonyl (C=O) groups excluding carboxylic acids is 3. The highest BCUT2D eigenvalue weighted by molar-refractivity contribution is 7.59. The lowest BCUT2D eigenvalue weighted by Crippen LogP contribution is -2.53. The van der Waals surface area contributed by atoms with Crippen molar-refractivity contribution in [1.82, 2.24) is 18.9 Å². The molecule has 0 saturated carbocycles. The zero-order valence-corrected chi connectivity index (χ0v) is 63.0. The average molecular weight is 1380 g/mol. The van der Waals surface area contributed by atoms with E-state index in [0.29, 0.717) is 45.9 Å². The Morgan fingerprint density at radius 1 is 0.536 bits per heavy atom. The number of likely N-dealkylation sites (tertiary alicyclic amines) is 2. The second kappa shape index (κ2) is 36.4. The molecule has 2 unspecified atom stereocenters. The van der Waals surface area contributed by atoms with Crippen LogP contribution >= 0.6 is 27.0 Å². The molecular weight excluding hydrogens is 1270 g/mol. The lowest BCUT2D eigenvalue weighted by molar-refractivity contribution is -0.144. The minimum absolute atomic E-state index is 0. The number of pyridine rings is 2. The Kier molecular flexibility index (Phi) is 31.0. The Bertz CT molecular complexity index is 3780. The zero-order valence-electron chi connectivity index (χ0n) is 61.0. The summed E-state index contributed by atoms with van der Waals surface area (Å²) in [7, 11) is 0. The molecule has 4 aromatic carbocycles. The average Bonchev–Trinajstić information content (AvgIpc) is 0.748. The number of carbonyl (C=O) groups is 4. The molecule has 3 N–H and O–H groups in total. The lowest BCUT2D eigenvalue weighted by Gasteiger charge is -2.46. The van der Waals surface area contributed by atoms with Crippen LogP contribution in [0.15, 0.2) is 94.8 Å². The Morgan fingerprint density at radius 3 is 1.29 bits per heavy atom. The first kappa shape index (κ1) is 82.7. The standard InChI is InChI=1S/C40H53FN2O4.C20H24FNO2.C19H30N2O3.2H2S/c1-10-47-37(46)21-31(33-19-32(17-29(7)39(33)41)38-26(4)12-11-13-27(38)5)20-35(44)34(16-25(2)3)43-22-30(28(6)18-36(43)45)14-15-42-23-40(8,9)24-42;1-5-24-18(23)11-17(22)16-10-15(9-14(4)20(16)21)19-12(2)7-6-8-13(19)3;1-13(2)8-16(18(23)24)21-10-15(14(3)9-17(21)22)6-7-20-11-19(4,5)12-20;;/h11-13,17-19,22,25,31,34H,10,14-16,20-21,23-24H2,1-9H3;6-10,17H,5,11,22H2,1-4H3;9-10,13,16H,6-8,11-12H2,1-5H3,(H,23,24);2*1H2/t31-,34?;17-;;;/m00.../s1. The number of aromatic nitrogens is 2. The summed E-state index contributed by atoms with van der Waals surface area (Å²) >= 11 is 0. The quantitative estimate of drug-likeness (QED) is 0.0491. The van der Waals surface area contributed by atoms with Crippen LogP contribution in [-0.2, 0) is 41.5 Å². The van der Waals surface area contributed by atoms with Crippen LogP contribution in [0.25, 0.3) is 22.3 Å². The van der Waals surface area contributed by atoms with Gasteiger partial charge in [0.25, 0.3) is 11.1 Å². The number of ether oxygens (including phenoxy) is 2. The van der Waals surface area contributed by atoms with Crippen LogP contribution in [0.3, 0.4) is 0 Å². The molecule has 0 amide bonds. The van der Waals surface area contributed by atoms with E-state index >= 15 is 4.39 Å². The fourth-order valence-corrected chi connectivity index (χ4v) is 13.8. The molecule has 18 heteroatoms. The van der Waals surface area contributed by atoms with Crippen LogP contribution in [-0.4, -0.2) is 100 Å². The first-order valence-corrected chi connectivity index (χ1v) is 34.0. The number of aryl methyl sites for hydroxylation is 8. The van der Waals surface area contributed by atoms with Gasteiger partial charge >= 0.3 is 17.9 Å². The van der Waals surface area contributed by atoms with E-state index in [4.69, 9.17) is 15.2 Å². The molecule has 532 valence electrons. The fourth-order valence-electron chi connectivity index (χ4n) is 13.8. The molecule has 4 heterocycles. The van der Waals surface area contributed by atoms with Crippen molar-refractivity contribution < 1.29 is 42.5 Å². The predicted octanol–water partition coefficient (Wildman–Crippen LogP) is 15.4. The fraction of sp³-hybridized carbons (Fsp3) is 0.519. The molecule has 8 rings (SSSR count). The van der Waals surface area contributed by atoms with Crippen LogP contribution in [0.4, 0.5) is 8.78 Å². The summed E-state index contributed by atoms with van der Waals surface area (Å²) in [4.78, 5) is 81.1.